The fraction of sp³-hybridized carbons (Fsp3) is 0.571. The van der Waals surface area contributed by atoms with Gasteiger partial charge in [-0.25, -0.2) is 4.98 Å². The van der Waals surface area contributed by atoms with E-state index in [1.165, 1.54) is 11.3 Å². The molecule has 1 heterocycles. The smallest absolute Gasteiger partial charge is 0.309 e. The number of nitrogens with zero attached hydrogens (tertiary/aromatic N) is 1. The van der Waals surface area contributed by atoms with Gasteiger partial charge >= 0.3 is 5.97 Å². The molecule has 0 unspecified atom stereocenters. The summed E-state index contributed by atoms with van der Waals surface area (Å²) in [5, 5.41) is 3.19. The predicted molar refractivity (Wildman–Crippen MR) is 111 cm³/mol. The molecule has 1 aromatic carbocycles. The molecule has 6 nitrogen and oxygen atoms in total. The molecule has 1 aliphatic carbocycles. The van der Waals surface area contributed by atoms with Gasteiger partial charge in [-0.15, -0.1) is 0 Å². The number of esters is 1. The molecule has 0 spiro atoms. The minimum absolute atomic E-state index is 0.0960. The maximum Gasteiger partial charge on any atom is 0.309 e. The summed E-state index contributed by atoms with van der Waals surface area (Å²) in [5.74, 6) is 0.641. The Morgan fingerprint density at radius 3 is 2.57 bits per heavy atom. The van der Waals surface area contributed by atoms with Crippen molar-refractivity contribution in [2.75, 3.05) is 19.0 Å². The van der Waals surface area contributed by atoms with Gasteiger partial charge in [0, 0.05) is 0 Å². The number of nitrogens with one attached hydrogen (secondary N) is 1. The third-order valence-electron chi connectivity index (χ3n) is 5.47. The molecule has 3 rings (SSSR count). The number of thiazole rings is 1. The van der Waals surface area contributed by atoms with E-state index in [0.29, 0.717) is 11.0 Å². The number of carbonyl (C=O) groups excluding carboxylic acids is 2. The van der Waals surface area contributed by atoms with Crippen LogP contribution in [0.25, 0.3) is 10.2 Å². The number of hydrogen-bond acceptors (Lipinski definition) is 6. The molecule has 152 valence electrons. The van der Waals surface area contributed by atoms with Crippen molar-refractivity contribution in [2.24, 2.45) is 17.3 Å². The van der Waals surface area contributed by atoms with E-state index in [9.17, 15) is 9.59 Å². The molecule has 1 saturated carbocycles. The number of benzene rings is 1. The number of fused-ring (bicyclic) bond motifs is 1. The monoisotopic (exact) mass is 404 g/mol. The van der Waals surface area contributed by atoms with E-state index in [4.69, 9.17) is 9.47 Å². The molecule has 1 N–H and O–H groups in total. The summed E-state index contributed by atoms with van der Waals surface area (Å²) in [5.41, 5.74) is 1.06. The largest absolute Gasteiger partial charge is 0.497 e. The first-order chi connectivity index (χ1) is 13.3. The number of ether oxygens (including phenoxy) is 2. The highest BCUT2D eigenvalue weighted by Crippen LogP contribution is 2.40. The summed E-state index contributed by atoms with van der Waals surface area (Å²) in [6.45, 7) is 6.47. The highest BCUT2D eigenvalue weighted by Gasteiger charge is 2.33. The third-order valence-corrected chi connectivity index (χ3v) is 6.41. The zero-order valence-electron chi connectivity index (χ0n) is 16.9. The first kappa shape index (κ1) is 20.6. The first-order valence-corrected chi connectivity index (χ1v) is 10.5. The fourth-order valence-electron chi connectivity index (χ4n) is 3.69. The second-order valence-corrected chi connectivity index (χ2v) is 9.45. The molecule has 0 atom stereocenters. The van der Waals surface area contributed by atoms with Crippen molar-refractivity contribution in [1.29, 1.82) is 0 Å². The quantitative estimate of drug-likeness (QED) is 0.735. The summed E-state index contributed by atoms with van der Waals surface area (Å²) in [4.78, 5) is 28.8. The van der Waals surface area contributed by atoms with Crippen LogP contribution in [0.3, 0.4) is 0 Å². The van der Waals surface area contributed by atoms with Crippen LogP contribution in [-0.2, 0) is 14.3 Å². The van der Waals surface area contributed by atoms with Gasteiger partial charge < -0.3 is 9.47 Å². The van der Waals surface area contributed by atoms with Crippen LogP contribution < -0.4 is 10.1 Å². The van der Waals surface area contributed by atoms with E-state index in [1.54, 1.807) is 7.11 Å². The standard InChI is InChI=1S/C21H28N2O4S/c1-21(2,3)14-7-5-13(6-8-14)19(25)27-12-18(24)23-20-22-16-10-9-15(26-4)11-17(16)28-20/h9-11,13-14H,5-8,12H2,1-4H3,(H,22,23,24). The molecule has 1 aromatic heterocycles. The van der Waals surface area contributed by atoms with Crippen LogP contribution in [0.2, 0.25) is 0 Å². The van der Waals surface area contributed by atoms with Gasteiger partial charge in [-0.05, 0) is 55.2 Å². The summed E-state index contributed by atoms with van der Waals surface area (Å²) in [6, 6.07) is 5.54. The number of amides is 1. The summed E-state index contributed by atoms with van der Waals surface area (Å²) < 4.78 is 11.4. The number of rotatable bonds is 5. The lowest BCUT2D eigenvalue weighted by atomic mass is 9.70. The van der Waals surface area contributed by atoms with Gasteiger partial charge in [0.05, 0.1) is 23.2 Å². The molecule has 2 aromatic rings. The van der Waals surface area contributed by atoms with E-state index in [1.807, 2.05) is 18.2 Å². The van der Waals surface area contributed by atoms with Crippen molar-refractivity contribution in [2.45, 2.75) is 46.5 Å². The lowest BCUT2D eigenvalue weighted by molar-refractivity contribution is -0.153. The molecule has 1 fully saturated rings. The van der Waals surface area contributed by atoms with Crippen molar-refractivity contribution in [3.63, 3.8) is 0 Å². The van der Waals surface area contributed by atoms with Gasteiger partial charge in [0.15, 0.2) is 11.7 Å². The van der Waals surface area contributed by atoms with Crippen LogP contribution in [0, 0.1) is 17.3 Å². The lowest BCUT2D eigenvalue weighted by Gasteiger charge is -2.36. The van der Waals surface area contributed by atoms with Crippen molar-refractivity contribution in [3.8, 4) is 5.75 Å². The van der Waals surface area contributed by atoms with Crippen molar-refractivity contribution in [1.82, 2.24) is 4.98 Å². The Morgan fingerprint density at radius 1 is 1.21 bits per heavy atom. The van der Waals surface area contributed by atoms with E-state index in [2.05, 4.69) is 31.1 Å². The molecule has 28 heavy (non-hydrogen) atoms. The molecule has 0 radical (unpaired) electrons. The van der Waals surface area contributed by atoms with Gasteiger partial charge in [0.25, 0.3) is 5.91 Å². The SMILES string of the molecule is COc1ccc2nc(NC(=O)COC(=O)C3CCC(C(C)(C)C)CC3)sc2c1. The Morgan fingerprint density at radius 2 is 1.93 bits per heavy atom. The predicted octanol–water partition coefficient (Wildman–Crippen LogP) is 4.64. The van der Waals surface area contributed by atoms with E-state index in [0.717, 1.165) is 41.6 Å². The second kappa shape index (κ2) is 8.47. The van der Waals surface area contributed by atoms with Gasteiger partial charge in [-0.2, -0.15) is 0 Å². The number of anilines is 1. The van der Waals surface area contributed by atoms with Gasteiger partial charge in [0.1, 0.15) is 5.75 Å². The molecular weight excluding hydrogens is 376 g/mol. The van der Waals surface area contributed by atoms with Crippen LogP contribution >= 0.6 is 11.3 Å². The van der Waals surface area contributed by atoms with Crippen molar-refractivity contribution >= 4 is 38.6 Å². The molecule has 0 aliphatic heterocycles. The highest BCUT2D eigenvalue weighted by atomic mass is 32.1. The molecule has 7 heteroatoms. The van der Waals surface area contributed by atoms with Crippen LogP contribution in [0.15, 0.2) is 18.2 Å². The normalized spacial score (nSPS) is 20.0. The molecule has 1 amide bonds. The average molecular weight is 405 g/mol. The minimum atomic E-state index is -0.372. The second-order valence-electron chi connectivity index (χ2n) is 8.42. The molecular formula is C21H28N2O4S. The van der Waals surface area contributed by atoms with E-state index < -0.39 is 0 Å². The molecule has 1 aliphatic rings. The number of methoxy groups -OCH3 is 1. The molecule has 0 bridgehead atoms. The average Bonchev–Trinajstić information content (AvgIpc) is 3.06. The summed E-state index contributed by atoms with van der Waals surface area (Å²) >= 11 is 1.36. The van der Waals surface area contributed by atoms with Gasteiger partial charge in [0.2, 0.25) is 0 Å². The van der Waals surface area contributed by atoms with E-state index in [-0.39, 0.29) is 29.8 Å². The van der Waals surface area contributed by atoms with Crippen molar-refractivity contribution < 1.29 is 19.1 Å². The van der Waals surface area contributed by atoms with Crippen LogP contribution in [0.5, 0.6) is 5.75 Å². The maximum atomic E-state index is 12.3. The Hall–Kier alpha value is -2.15. The first-order valence-electron chi connectivity index (χ1n) is 9.67. The van der Waals surface area contributed by atoms with Crippen LogP contribution in [0.4, 0.5) is 5.13 Å². The topological polar surface area (TPSA) is 77.5 Å². The Balaban J connectivity index is 1.47. The maximum absolute atomic E-state index is 12.3. The number of aromatic nitrogens is 1. The number of hydrogen-bond donors (Lipinski definition) is 1. The van der Waals surface area contributed by atoms with Crippen LogP contribution in [0.1, 0.15) is 46.5 Å². The van der Waals surface area contributed by atoms with Gasteiger partial charge in [-0.3, -0.25) is 14.9 Å². The Kier molecular flexibility index (Phi) is 6.23. The van der Waals surface area contributed by atoms with Crippen molar-refractivity contribution in [3.05, 3.63) is 18.2 Å². The van der Waals surface area contributed by atoms with Gasteiger partial charge in [-0.1, -0.05) is 32.1 Å². The fourth-order valence-corrected chi connectivity index (χ4v) is 4.60. The zero-order chi connectivity index (χ0) is 20.3. The summed E-state index contributed by atoms with van der Waals surface area (Å²) in [6.07, 6.45) is 3.74. The Bertz CT molecular complexity index is 848. The third kappa shape index (κ3) is 5.01. The number of carbonyl (C=O) groups is 2. The van der Waals surface area contributed by atoms with E-state index >= 15 is 0 Å². The highest BCUT2D eigenvalue weighted by molar-refractivity contribution is 7.22. The lowest BCUT2D eigenvalue weighted by Crippen LogP contribution is -2.31. The minimum Gasteiger partial charge on any atom is -0.497 e. The Labute approximate surface area is 169 Å². The van der Waals surface area contributed by atoms with Crippen LogP contribution in [-0.4, -0.2) is 30.6 Å². The molecule has 0 saturated heterocycles. The zero-order valence-corrected chi connectivity index (χ0v) is 17.7. The summed E-state index contributed by atoms with van der Waals surface area (Å²) in [7, 11) is 1.61.